The molecular formula is C9H11N3. The van der Waals surface area contributed by atoms with Gasteiger partial charge in [-0.2, -0.15) is 5.26 Å². The first-order valence-electron chi connectivity index (χ1n) is 3.71. The van der Waals surface area contributed by atoms with E-state index in [0.717, 1.165) is 10.6 Å². The van der Waals surface area contributed by atoms with Crippen LogP contribution in [0.3, 0.4) is 0 Å². The molecule has 1 rings (SSSR count). The first kappa shape index (κ1) is 8.41. The van der Waals surface area contributed by atoms with Crippen LogP contribution in [0, 0.1) is 11.3 Å². The Morgan fingerprint density at radius 1 is 1.75 bits per heavy atom. The number of aromatic nitrogens is 1. The molecule has 12 heavy (non-hydrogen) atoms. The predicted molar refractivity (Wildman–Crippen MR) is 48.2 cm³/mol. The van der Waals surface area contributed by atoms with Crippen molar-refractivity contribution in [2.24, 2.45) is 5.73 Å². The summed E-state index contributed by atoms with van der Waals surface area (Å²) in [7, 11) is 0. The summed E-state index contributed by atoms with van der Waals surface area (Å²) >= 11 is 0. The molecule has 1 aromatic rings. The van der Waals surface area contributed by atoms with E-state index < -0.39 is 0 Å². The smallest absolute Gasteiger partial charge is 0.101 e. The van der Waals surface area contributed by atoms with Gasteiger partial charge in [0.25, 0.3) is 0 Å². The Labute approximate surface area is 70.8 Å². The van der Waals surface area contributed by atoms with Crippen molar-refractivity contribution < 1.29 is 0 Å². The third-order valence-electron chi connectivity index (χ3n) is 1.72. The van der Waals surface area contributed by atoms with Crippen molar-refractivity contribution in [1.82, 2.24) is 4.98 Å². The van der Waals surface area contributed by atoms with Crippen molar-refractivity contribution in [3.05, 3.63) is 22.3 Å². The minimum Gasteiger partial charge on any atom is -0.401 e. The van der Waals surface area contributed by atoms with Gasteiger partial charge in [0.1, 0.15) is 6.07 Å². The second kappa shape index (κ2) is 3.14. The van der Waals surface area contributed by atoms with Crippen LogP contribution in [0.4, 0.5) is 0 Å². The third kappa shape index (κ3) is 1.19. The highest BCUT2D eigenvalue weighted by atomic mass is 14.7. The van der Waals surface area contributed by atoms with Crippen LogP contribution < -0.4 is 16.3 Å². The monoisotopic (exact) mass is 161 g/mol. The Bertz CT molecular complexity index is 427. The molecule has 3 heteroatoms. The van der Waals surface area contributed by atoms with E-state index in [4.69, 9.17) is 11.0 Å². The molecule has 0 aromatic carbocycles. The van der Waals surface area contributed by atoms with E-state index in [-0.39, 0.29) is 0 Å². The molecule has 62 valence electrons. The van der Waals surface area contributed by atoms with Gasteiger partial charge in [-0.15, -0.1) is 0 Å². The summed E-state index contributed by atoms with van der Waals surface area (Å²) in [6.07, 6.45) is 3.54. The van der Waals surface area contributed by atoms with Crippen molar-refractivity contribution in [2.45, 2.75) is 13.8 Å². The maximum absolute atomic E-state index is 8.70. The Kier molecular flexibility index (Phi) is 2.20. The number of hydrogen-bond donors (Lipinski definition) is 2. The Balaban J connectivity index is 3.72. The summed E-state index contributed by atoms with van der Waals surface area (Å²) in [5, 5.41) is 10.4. The van der Waals surface area contributed by atoms with Crippen LogP contribution in [0.5, 0.6) is 0 Å². The van der Waals surface area contributed by atoms with Crippen molar-refractivity contribution in [3.8, 4) is 6.07 Å². The van der Waals surface area contributed by atoms with Crippen LogP contribution in [0.2, 0.25) is 0 Å². The molecule has 3 nitrogen and oxygen atoms in total. The first-order chi connectivity index (χ1) is 5.70. The highest BCUT2D eigenvalue weighted by Gasteiger charge is 1.96. The number of nitrogens with zero attached hydrogens (tertiary/aromatic N) is 1. The highest BCUT2D eigenvalue weighted by Crippen LogP contribution is 1.82. The molecule has 0 atom stereocenters. The van der Waals surface area contributed by atoms with Gasteiger partial charge in [0, 0.05) is 17.1 Å². The number of nitrogens with two attached hydrogens (primary N) is 1. The highest BCUT2D eigenvalue weighted by molar-refractivity contribution is 5.43. The van der Waals surface area contributed by atoms with E-state index in [9.17, 15) is 0 Å². The zero-order chi connectivity index (χ0) is 9.14. The molecule has 1 aromatic heterocycles. The van der Waals surface area contributed by atoms with Gasteiger partial charge < -0.3 is 10.7 Å². The van der Waals surface area contributed by atoms with Gasteiger partial charge in [-0.25, -0.2) is 0 Å². The number of hydrogen-bond acceptors (Lipinski definition) is 2. The van der Waals surface area contributed by atoms with Crippen LogP contribution in [0.1, 0.15) is 19.4 Å². The van der Waals surface area contributed by atoms with Crippen LogP contribution in [-0.2, 0) is 0 Å². The molecule has 0 spiro atoms. The molecule has 0 aliphatic heterocycles. The minimum absolute atomic E-state index is 0.636. The van der Waals surface area contributed by atoms with E-state index in [2.05, 4.69) is 11.1 Å². The summed E-state index contributed by atoms with van der Waals surface area (Å²) in [6.45, 7) is 3.69. The first-order valence-corrected chi connectivity index (χ1v) is 3.71. The molecule has 0 unspecified atom stereocenters. The lowest BCUT2D eigenvalue weighted by Gasteiger charge is -1.85. The van der Waals surface area contributed by atoms with E-state index in [1.54, 1.807) is 13.1 Å². The molecular weight excluding hydrogens is 150 g/mol. The van der Waals surface area contributed by atoms with Crippen LogP contribution >= 0.6 is 0 Å². The predicted octanol–water partition coefficient (Wildman–Crippen LogP) is -0.226. The number of nitrogens with one attached hydrogen (secondary N) is 1. The van der Waals surface area contributed by atoms with Crippen molar-refractivity contribution in [2.75, 3.05) is 0 Å². The van der Waals surface area contributed by atoms with Gasteiger partial charge in [0.15, 0.2) is 0 Å². The summed E-state index contributed by atoms with van der Waals surface area (Å²) in [5.41, 5.74) is 6.95. The molecule has 0 amide bonds. The van der Waals surface area contributed by atoms with E-state index in [0.29, 0.717) is 11.3 Å². The quantitative estimate of drug-likeness (QED) is 0.552. The zero-order valence-corrected chi connectivity index (χ0v) is 7.18. The zero-order valence-electron chi connectivity index (χ0n) is 7.18. The summed E-state index contributed by atoms with van der Waals surface area (Å²) < 4.78 is 0. The molecule has 3 N–H and O–H groups in total. The summed E-state index contributed by atoms with van der Waals surface area (Å²) in [6, 6.07) is 2.09. The van der Waals surface area contributed by atoms with Gasteiger partial charge in [-0.1, -0.05) is 6.08 Å². The van der Waals surface area contributed by atoms with Crippen molar-refractivity contribution in [3.63, 3.8) is 0 Å². The normalized spacial score (nSPS) is 14.2. The second-order valence-electron chi connectivity index (χ2n) is 2.57. The summed E-state index contributed by atoms with van der Waals surface area (Å²) in [4.78, 5) is 2.96. The fourth-order valence-electron chi connectivity index (χ4n) is 1.15. The van der Waals surface area contributed by atoms with E-state index in [1.165, 1.54) is 0 Å². The average molecular weight is 161 g/mol. The molecule has 0 aliphatic rings. The van der Waals surface area contributed by atoms with Gasteiger partial charge in [-0.3, -0.25) is 0 Å². The van der Waals surface area contributed by atoms with Crippen LogP contribution in [0.25, 0.3) is 11.8 Å². The summed E-state index contributed by atoms with van der Waals surface area (Å²) in [5.74, 6) is 0. The van der Waals surface area contributed by atoms with Gasteiger partial charge in [0.05, 0.1) is 10.9 Å². The Morgan fingerprint density at radius 2 is 2.42 bits per heavy atom. The Morgan fingerprint density at radius 3 is 2.83 bits per heavy atom. The van der Waals surface area contributed by atoms with Crippen molar-refractivity contribution >= 4 is 11.8 Å². The largest absolute Gasteiger partial charge is 0.401 e. The van der Waals surface area contributed by atoms with Crippen LogP contribution in [-0.4, -0.2) is 4.98 Å². The maximum Gasteiger partial charge on any atom is 0.101 e. The second-order valence-corrected chi connectivity index (χ2v) is 2.57. The maximum atomic E-state index is 8.70. The molecule has 0 aliphatic carbocycles. The van der Waals surface area contributed by atoms with Crippen LogP contribution in [0.15, 0.2) is 6.20 Å². The standard InChI is InChI=1S/C9H11N3/c1-3-8-7(4-10)5-12-9(8)6(2)11/h3,5,12H,11H2,1-2H3/b8-3-,9-6-. The molecule has 0 saturated heterocycles. The molecule has 0 bridgehead atoms. The van der Waals surface area contributed by atoms with E-state index >= 15 is 0 Å². The fourth-order valence-corrected chi connectivity index (χ4v) is 1.15. The molecule has 0 fully saturated rings. The van der Waals surface area contributed by atoms with Crippen molar-refractivity contribution in [1.29, 1.82) is 5.26 Å². The fraction of sp³-hybridized carbons (Fsp3) is 0.222. The lowest BCUT2D eigenvalue weighted by atomic mass is 10.2. The SMILES string of the molecule is C/C=c1/c(C#N)c[nH]/c1=C(/C)N. The molecule has 1 heterocycles. The lowest BCUT2D eigenvalue weighted by molar-refractivity contribution is 1.26. The number of aromatic amines is 1. The lowest BCUT2D eigenvalue weighted by Crippen LogP contribution is -2.28. The van der Waals surface area contributed by atoms with E-state index in [1.807, 2.05) is 13.0 Å². The van der Waals surface area contributed by atoms with Gasteiger partial charge in [0.2, 0.25) is 0 Å². The average Bonchev–Trinajstić information content (AvgIpc) is 2.46. The Hall–Kier alpha value is -1.69. The van der Waals surface area contributed by atoms with Gasteiger partial charge >= 0.3 is 0 Å². The molecule has 0 radical (unpaired) electrons. The topological polar surface area (TPSA) is 65.6 Å². The number of rotatable bonds is 0. The third-order valence-corrected chi connectivity index (χ3v) is 1.72. The number of H-pyrrole nitrogens is 1. The minimum atomic E-state index is 0.636. The molecule has 0 saturated carbocycles. The van der Waals surface area contributed by atoms with Gasteiger partial charge in [-0.05, 0) is 13.8 Å². The number of nitriles is 1.